The molecule has 0 spiro atoms. The van der Waals surface area contributed by atoms with Crippen molar-refractivity contribution in [2.24, 2.45) is 5.92 Å². The molecule has 0 unspecified atom stereocenters. The van der Waals surface area contributed by atoms with Crippen LogP contribution in [0.2, 0.25) is 0 Å². The van der Waals surface area contributed by atoms with E-state index < -0.39 is 32.4 Å². The number of piperidine rings is 1. The summed E-state index contributed by atoms with van der Waals surface area (Å²) in [5.41, 5.74) is 0.556. The van der Waals surface area contributed by atoms with E-state index in [2.05, 4.69) is 0 Å². The molecule has 138 valence electrons. The van der Waals surface area contributed by atoms with Crippen molar-refractivity contribution >= 4 is 15.8 Å². The highest BCUT2D eigenvalue weighted by Crippen LogP contribution is 2.28. The lowest BCUT2D eigenvalue weighted by molar-refractivity contribution is 0.0875. The lowest BCUT2D eigenvalue weighted by Gasteiger charge is -2.30. The highest BCUT2D eigenvalue weighted by atomic mass is 32.2. The van der Waals surface area contributed by atoms with Gasteiger partial charge in [0.1, 0.15) is 4.90 Å². The van der Waals surface area contributed by atoms with Gasteiger partial charge < -0.3 is 0 Å². The molecule has 0 saturated carbocycles. The monoisotopic (exact) mass is 383 g/mol. The first-order valence-corrected chi connectivity index (χ1v) is 9.49. The van der Waals surface area contributed by atoms with Crippen LogP contribution in [0.1, 0.15) is 23.2 Å². The predicted octanol–water partition coefficient (Wildman–Crippen LogP) is 3.39. The van der Waals surface area contributed by atoms with Crippen LogP contribution in [0.4, 0.5) is 13.2 Å². The Hall–Kier alpha value is -2.19. The third kappa shape index (κ3) is 3.39. The fourth-order valence-corrected chi connectivity index (χ4v) is 4.57. The third-order valence-electron chi connectivity index (χ3n) is 4.50. The molecule has 4 nitrogen and oxygen atoms in total. The fourth-order valence-electron chi connectivity index (χ4n) is 3.04. The minimum atomic E-state index is -4.31. The molecular formula is C18H16F3NO3S. The Morgan fingerprint density at radius 1 is 0.923 bits per heavy atom. The summed E-state index contributed by atoms with van der Waals surface area (Å²) in [7, 11) is -4.31. The maximum atomic E-state index is 13.9. The number of hydrogen-bond donors (Lipinski definition) is 0. The lowest BCUT2D eigenvalue weighted by Crippen LogP contribution is -2.40. The van der Waals surface area contributed by atoms with Gasteiger partial charge in [0.05, 0.1) is 0 Å². The van der Waals surface area contributed by atoms with Crippen LogP contribution in [0.3, 0.4) is 0 Å². The van der Waals surface area contributed by atoms with E-state index in [1.807, 2.05) is 0 Å². The quantitative estimate of drug-likeness (QED) is 0.601. The van der Waals surface area contributed by atoms with Crippen LogP contribution < -0.4 is 0 Å². The summed E-state index contributed by atoms with van der Waals surface area (Å²) >= 11 is 0. The molecule has 0 radical (unpaired) electrons. The van der Waals surface area contributed by atoms with Crippen LogP contribution in [-0.2, 0) is 10.0 Å². The Balaban J connectivity index is 1.75. The number of halogens is 3. The maximum absolute atomic E-state index is 13.9. The van der Waals surface area contributed by atoms with E-state index in [0.717, 1.165) is 4.31 Å². The topological polar surface area (TPSA) is 54.5 Å². The second-order valence-corrected chi connectivity index (χ2v) is 7.99. The van der Waals surface area contributed by atoms with Crippen molar-refractivity contribution in [2.75, 3.05) is 13.1 Å². The second kappa shape index (κ2) is 7.20. The van der Waals surface area contributed by atoms with Crippen LogP contribution in [0.25, 0.3) is 0 Å². The minimum absolute atomic E-state index is 0.00398. The van der Waals surface area contributed by atoms with Gasteiger partial charge in [0.25, 0.3) is 0 Å². The molecule has 0 aliphatic carbocycles. The molecule has 1 fully saturated rings. The number of ketones is 1. The van der Waals surface area contributed by atoms with Gasteiger partial charge in [0.15, 0.2) is 23.2 Å². The molecule has 8 heteroatoms. The molecule has 1 aliphatic rings. The second-order valence-electron chi connectivity index (χ2n) is 6.08. The standard InChI is InChI=1S/C18H16F3NO3S/c19-14-6-7-15(17(21)16(14)20)26(24,25)22-10-8-13(9-11-22)18(23)12-4-2-1-3-5-12/h1-7,13H,8-11H2. The number of carbonyl (C=O) groups excluding carboxylic acids is 1. The summed E-state index contributed by atoms with van der Waals surface area (Å²) in [6.45, 7) is 0.00795. The minimum Gasteiger partial charge on any atom is -0.294 e. The van der Waals surface area contributed by atoms with Crippen molar-refractivity contribution in [3.05, 3.63) is 65.5 Å². The van der Waals surface area contributed by atoms with Gasteiger partial charge in [-0.1, -0.05) is 30.3 Å². The molecule has 0 N–H and O–H groups in total. The first kappa shape index (κ1) is 18.6. The Labute approximate surface area is 149 Å². The Kier molecular flexibility index (Phi) is 5.15. The van der Waals surface area contributed by atoms with E-state index in [-0.39, 0.29) is 37.6 Å². The molecule has 1 saturated heterocycles. The van der Waals surface area contributed by atoms with E-state index in [1.165, 1.54) is 0 Å². The molecule has 0 bridgehead atoms. The largest absolute Gasteiger partial charge is 0.294 e. The number of Topliss-reactive ketones (excluding diaryl/α,β-unsaturated/α-hetero) is 1. The van der Waals surface area contributed by atoms with Gasteiger partial charge in [0.2, 0.25) is 10.0 Å². The van der Waals surface area contributed by atoms with Crippen molar-refractivity contribution in [2.45, 2.75) is 17.7 Å². The Morgan fingerprint density at radius 2 is 1.54 bits per heavy atom. The van der Waals surface area contributed by atoms with Crippen molar-refractivity contribution < 1.29 is 26.4 Å². The zero-order valence-corrected chi connectivity index (χ0v) is 14.5. The third-order valence-corrected chi connectivity index (χ3v) is 6.42. The number of nitrogens with zero attached hydrogens (tertiary/aromatic N) is 1. The number of sulfonamides is 1. The molecule has 2 aromatic carbocycles. The molecule has 0 amide bonds. The van der Waals surface area contributed by atoms with Gasteiger partial charge in [0, 0.05) is 24.6 Å². The number of rotatable bonds is 4. The summed E-state index contributed by atoms with van der Waals surface area (Å²) in [4.78, 5) is 11.5. The normalized spacial score (nSPS) is 16.6. The first-order chi connectivity index (χ1) is 12.3. The SMILES string of the molecule is O=C(c1ccccc1)C1CCN(S(=O)(=O)c2ccc(F)c(F)c2F)CC1. The number of benzene rings is 2. The van der Waals surface area contributed by atoms with Crippen LogP contribution in [0.5, 0.6) is 0 Å². The fraction of sp³-hybridized carbons (Fsp3) is 0.278. The van der Waals surface area contributed by atoms with Gasteiger partial charge in [-0.05, 0) is 25.0 Å². The molecule has 1 heterocycles. The average molecular weight is 383 g/mol. The Morgan fingerprint density at radius 3 is 2.15 bits per heavy atom. The van der Waals surface area contributed by atoms with Gasteiger partial charge >= 0.3 is 0 Å². The predicted molar refractivity (Wildman–Crippen MR) is 88.6 cm³/mol. The first-order valence-electron chi connectivity index (χ1n) is 8.05. The van der Waals surface area contributed by atoms with Gasteiger partial charge in [-0.3, -0.25) is 4.79 Å². The van der Waals surface area contributed by atoms with E-state index in [1.54, 1.807) is 30.3 Å². The van der Waals surface area contributed by atoms with Crippen molar-refractivity contribution in [3.63, 3.8) is 0 Å². The van der Waals surface area contributed by atoms with Gasteiger partial charge in [-0.2, -0.15) is 4.31 Å². The van der Waals surface area contributed by atoms with Crippen LogP contribution in [0.15, 0.2) is 47.4 Å². The number of hydrogen-bond acceptors (Lipinski definition) is 3. The Bertz CT molecular complexity index is 924. The molecule has 2 aromatic rings. The molecule has 0 atom stereocenters. The average Bonchev–Trinajstić information content (AvgIpc) is 2.66. The summed E-state index contributed by atoms with van der Waals surface area (Å²) in [6.07, 6.45) is 0.552. The summed E-state index contributed by atoms with van der Waals surface area (Å²) in [6, 6.07) is 9.98. The van der Waals surface area contributed by atoms with E-state index in [0.29, 0.717) is 17.7 Å². The summed E-state index contributed by atoms with van der Waals surface area (Å²) in [5, 5.41) is 0. The van der Waals surface area contributed by atoms with Gasteiger partial charge in [-0.15, -0.1) is 0 Å². The van der Waals surface area contributed by atoms with E-state index in [4.69, 9.17) is 0 Å². The van der Waals surface area contributed by atoms with Crippen molar-refractivity contribution in [1.82, 2.24) is 4.31 Å². The zero-order chi connectivity index (χ0) is 18.9. The van der Waals surface area contributed by atoms with E-state index >= 15 is 0 Å². The highest BCUT2D eigenvalue weighted by molar-refractivity contribution is 7.89. The molecular weight excluding hydrogens is 367 g/mol. The highest BCUT2D eigenvalue weighted by Gasteiger charge is 2.34. The molecule has 0 aromatic heterocycles. The smallest absolute Gasteiger partial charge is 0.246 e. The van der Waals surface area contributed by atoms with Crippen LogP contribution in [-0.4, -0.2) is 31.6 Å². The molecule has 26 heavy (non-hydrogen) atoms. The van der Waals surface area contributed by atoms with Gasteiger partial charge in [-0.25, -0.2) is 21.6 Å². The van der Waals surface area contributed by atoms with E-state index in [9.17, 15) is 26.4 Å². The molecule has 3 rings (SSSR count). The number of carbonyl (C=O) groups is 1. The van der Waals surface area contributed by atoms with Crippen molar-refractivity contribution in [3.8, 4) is 0 Å². The van der Waals surface area contributed by atoms with Crippen LogP contribution >= 0.6 is 0 Å². The maximum Gasteiger partial charge on any atom is 0.246 e. The summed E-state index contributed by atoms with van der Waals surface area (Å²) in [5.74, 6) is -5.40. The van der Waals surface area contributed by atoms with Crippen molar-refractivity contribution in [1.29, 1.82) is 0 Å². The lowest BCUT2D eigenvalue weighted by atomic mass is 9.90. The van der Waals surface area contributed by atoms with Crippen LogP contribution in [0, 0.1) is 23.4 Å². The summed E-state index contributed by atoms with van der Waals surface area (Å²) < 4.78 is 66.3. The zero-order valence-electron chi connectivity index (χ0n) is 13.7. The molecule has 1 aliphatic heterocycles.